The van der Waals surface area contributed by atoms with Gasteiger partial charge in [-0.25, -0.2) is 18.4 Å². The highest BCUT2D eigenvalue weighted by Crippen LogP contribution is 2.26. The lowest BCUT2D eigenvalue weighted by atomic mass is 9.96. The second kappa shape index (κ2) is 9.19. The zero-order chi connectivity index (χ0) is 21.7. The topological polar surface area (TPSA) is 101 Å². The number of pyridine rings is 1. The Morgan fingerprint density at radius 3 is 2.63 bits per heavy atom. The van der Waals surface area contributed by atoms with Gasteiger partial charge in [0.05, 0.1) is 5.92 Å². The maximum atomic E-state index is 12.6. The van der Waals surface area contributed by atoms with Crippen LogP contribution < -0.4 is 10.0 Å². The molecule has 0 saturated carbocycles. The molecule has 7 nitrogen and oxygen atoms in total. The number of hydrogen-bond acceptors (Lipinski definition) is 6. The quantitative estimate of drug-likeness (QED) is 0.539. The van der Waals surface area contributed by atoms with Crippen molar-refractivity contribution in [2.24, 2.45) is 0 Å². The number of nitrogens with one attached hydrogen (secondary N) is 2. The Bertz CT molecular complexity index is 1160. The van der Waals surface area contributed by atoms with Gasteiger partial charge in [0.25, 0.3) is 10.0 Å². The fourth-order valence-electron chi connectivity index (χ4n) is 2.69. The van der Waals surface area contributed by atoms with Crippen LogP contribution in [0.3, 0.4) is 0 Å². The summed E-state index contributed by atoms with van der Waals surface area (Å²) < 4.78 is 25.4. The molecule has 0 saturated heterocycles. The molecule has 2 aromatic heterocycles. The molecule has 3 rings (SSSR count). The molecule has 3 aromatic rings. The highest BCUT2D eigenvalue weighted by molar-refractivity contribution is 7.95. The standard InChI is InChI=1S/C21H22N4O3S2/c1-4-18-13-23-21(29-18)24-20(26)14(3)15-7-6-8-16(11-15)17-9-10-19(22-12-17)25-30(27,28)5-2/h5-14H,2,4H2,1,3H3,(H,22,25)(H,23,24,26)/t14-/m0/s1. The van der Waals surface area contributed by atoms with Crippen LogP contribution in [0.15, 0.2) is 60.8 Å². The van der Waals surface area contributed by atoms with Crippen molar-refractivity contribution in [3.05, 3.63) is 71.2 Å². The van der Waals surface area contributed by atoms with E-state index in [0.717, 1.165) is 33.4 Å². The van der Waals surface area contributed by atoms with E-state index in [2.05, 4.69) is 26.6 Å². The molecule has 0 aliphatic rings. The summed E-state index contributed by atoms with van der Waals surface area (Å²) in [5.74, 6) is -0.292. The zero-order valence-electron chi connectivity index (χ0n) is 16.6. The summed E-state index contributed by atoms with van der Waals surface area (Å²) in [4.78, 5) is 22.1. The van der Waals surface area contributed by atoms with Gasteiger partial charge in [-0.1, -0.05) is 37.8 Å². The molecule has 0 spiro atoms. The monoisotopic (exact) mass is 442 g/mol. The van der Waals surface area contributed by atoms with E-state index in [1.165, 1.54) is 11.3 Å². The van der Waals surface area contributed by atoms with E-state index in [0.29, 0.717) is 5.13 Å². The molecule has 2 heterocycles. The van der Waals surface area contributed by atoms with Crippen LogP contribution in [-0.4, -0.2) is 24.3 Å². The highest BCUT2D eigenvalue weighted by atomic mass is 32.2. The van der Waals surface area contributed by atoms with Crippen LogP contribution in [0.5, 0.6) is 0 Å². The van der Waals surface area contributed by atoms with Crippen LogP contribution in [0.1, 0.15) is 30.2 Å². The number of benzene rings is 1. The lowest BCUT2D eigenvalue weighted by Gasteiger charge is -2.13. The summed E-state index contributed by atoms with van der Waals surface area (Å²) >= 11 is 1.47. The van der Waals surface area contributed by atoms with Gasteiger partial charge in [0, 0.05) is 28.2 Å². The van der Waals surface area contributed by atoms with Crippen LogP contribution in [0, 0.1) is 0 Å². The fraction of sp³-hybridized carbons (Fsp3) is 0.190. The predicted octanol–water partition coefficient (Wildman–Crippen LogP) is 4.39. The van der Waals surface area contributed by atoms with Crippen molar-refractivity contribution in [2.75, 3.05) is 10.0 Å². The molecule has 1 atom stereocenters. The number of aromatic nitrogens is 2. The molecule has 156 valence electrons. The Kier molecular flexibility index (Phi) is 6.63. The van der Waals surface area contributed by atoms with Gasteiger partial charge in [-0.3, -0.25) is 9.52 Å². The molecule has 0 bridgehead atoms. The van der Waals surface area contributed by atoms with Gasteiger partial charge in [0.1, 0.15) is 5.82 Å². The third-order valence-electron chi connectivity index (χ3n) is 4.48. The van der Waals surface area contributed by atoms with Crippen molar-refractivity contribution in [1.82, 2.24) is 9.97 Å². The second-order valence-corrected chi connectivity index (χ2v) is 9.31. The minimum atomic E-state index is -3.60. The molecule has 1 aromatic carbocycles. The van der Waals surface area contributed by atoms with Gasteiger partial charge in [0.2, 0.25) is 5.91 Å². The molecule has 0 aliphatic heterocycles. The van der Waals surface area contributed by atoms with E-state index in [1.807, 2.05) is 38.1 Å². The number of thiazole rings is 1. The average molecular weight is 443 g/mol. The Morgan fingerprint density at radius 1 is 1.20 bits per heavy atom. The molecular weight excluding hydrogens is 420 g/mol. The van der Waals surface area contributed by atoms with Crippen LogP contribution in [0.4, 0.5) is 10.9 Å². The van der Waals surface area contributed by atoms with E-state index in [4.69, 9.17) is 0 Å². The molecule has 0 aliphatic carbocycles. The largest absolute Gasteiger partial charge is 0.301 e. The molecule has 0 fully saturated rings. The molecular formula is C21H22N4O3S2. The zero-order valence-corrected chi connectivity index (χ0v) is 18.3. The maximum Gasteiger partial charge on any atom is 0.255 e. The van der Waals surface area contributed by atoms with E-state index in [1.54, 1.807) is 24.5 Å². The number of carbonyl (C=O) groups excluding carboxylic acids is 1. The average Bonchev–Trinajstić information content (AvgIpc) is 3.21. The fourth-order valence-corrected chi connectivity index (χ4v) is 3.94. The van der Waals surface area contributed by atoms with Crippen molar-refractivity contribution in [3.63, 3.8) is 0 Å². The number of hydrogen-bond donors (Lipinski definition) is 2. The molecule has 0 radical (unpaired) electrons. The van der Waals surface area contributed by atoms with Crippen molar-refractivity contribution in [2.45, 2.75) is 26.2 Å². The first-order valence-electron chi connectivity index (χ1n) is 9.28. The highest BCUT2D eigenvalue weighted by Gasteiger charge is 2.17. The SMILES string of the molecule is C=CS(=O)(=O)Nc1ccc(-c2cccc([C@H](C)C(=O)Nc3ncc(CC)s3)c2)cn1. The number of anilines is 2. The summed E-state index contributed by atoms with van der Waals surface area (Å²) in [6.07, 6.45) is 4.23. The van der Waals surface area contributed by atoms with Gasteiger partial charge in [-0.15, -0.1) is 11.3 Å². The number of sulfonamides is 1. The number of nitrogens with zero attached hydrogens (tertiary/aromatic N) is 2. The van der Waals surface area contributed by atoms with Crippen LogP contribution >= 0.6 is 11.3 Å². The van der Waals surface area contributed by atoms with Crippen molar-refractivity contribution in [3.8, 4) is 11.1 Å². The predicted molar refractivity (Wildman–Crippen MR) is 121 cm³/mol. The van der Waals surface area contributed by atoms with Crippen molar-refractivity contribution < 1.29 is 13.2 Å². The van der Waals surface area contributed by atoms with Crippen LogP contribution in [-0.2, 0) is 21.2 Å². The van der Waals surface area contributed by atoms with Gasteiger partial charge in [0.15, 0.2) is 5.13 Å². The molecule has 30 heavy (non-hydrogen) atoms. The van der Waals surface area contributed by atoms with E-state index in [9.17, 15) is 13.2 Å². The van der Waals surface area contributed by atoms with Crippen LogP contribution in [0.2, 0.25) is 0 Å². The summed E-state index contributed by atoms with van der Waals surface area (Å²) in [5, 5.41) is 4.30. The van der Waals surface area contributed by atoms with Gasteiger partial charge in [-0.05, 0) is 36.6 Å². The Hall–Kier alpha value is -3.04. The number of rotatable bonds is 8. The Balaban J connectivity index is 1.75. The minimum absolute atomic E-state index is 0.128. The summed E-state index contributed by atoms with van der Waals surface area (Å²) in [7, 11) is -3.60. The first-order chi connectivity index (χ1) is 14.3. The maximum absolute atomic E-state index is 12.6. The molecule has 9 heteroatoms. The smallest absolute Gasteiger partial charge is 0.255 e. The van der Waals surface area contributed by atoms with Gasteiger partial charge in [-0.2, -0.15) is 0 Å². The van der Waals surface area contributed by atoms with Gasteiger partial charge >= 0.3 is 0 Å². The van der Waals surface area contributed by atoms with E-state index in [-0.39, 0.29) is 17.6 Å². The lowest BCUT2D eigenvalue weighted by Crippen LogP contribution is -2.18. The summed E-state index contributed by atoms with van der Waals surface area (Å²) in [5.41, 5.74) is 2.53. The first-order valence-corrected chi connectivity index (χ1v) is 11.6. The first kappa shape index (κ1) is 21.7. The lowest BCUT2D eigenvalue weighted by molar-refractivity contribution is -0.117. The summed E-state index contributed by atoms with van der Waals surface area (Å²) in [6.45, 7) is 7.14. The summed E-state index contributed by atoms with van der Waals surface area (Å²) in [6, 6.07) is 10.9. The second-order valence-electron chi connectivity index (χ2n) is 6.57. The van der Waals surface area contributed by atoms with Gasteiger partial charge < -0.3 is 5.32 Å². The third kappa shape index (κ3) is 5.31. The Morgan fingerprint density at radius 2 is 2.00 bits per heavy atom. The van der Waals surface area contributed by atoms with Crippen LogP contribution in [0.25, 0.3) is 11.1 Å². The molecule has 2 N–H and O–H groups in total. The number of aryl methyl sites for hydroxylation is 1. The number of amides is 1. The number of carbonyl (C=O) groups is 1. The minimum Gasteiger partial charge on any atom is -0.301 e. The molecule has 1 amide bonds. The third-order valence-corrected chi connectivity index (χ3v) is 6.46. The van der Waals surface area contributed by atoms with Crippen molar-refractivity contribution in [1.29, 1.82) is 0 Å². The van der Waals surface area contributed by atoms with E-state index >= 15 is 0 Å². The Labute approximate surface area is 180 Å². The van der Waals surface area contributed by atoms with Crippen molar-refractivity contribution >= 4 is 38.2 Å². The normalized spacial score (nSPS) is 12.2. The molecule has 0 unspecified atom stereocenters. The van der Waals surface area contributed by atoms with E-state index < -0.39 is 10.0 Å².